The summed E-state index contributed by atoms with van der Waals surface area (Å²) < 4.78 is 15.2. The molecule has 1 aliphatic rings. The number of tetrazole rings is 1. The maximum atomic E-state index is 13.4. The lowest BCUT2D eigenvalue weighted by atomic mass is 10.00. The summed E-state index contributed by atoms with van der Waals surface area (Å²) in [5.74, 6) is 0.400. The van der Waals surface area contributed by atoms with Crippen molar-refractivity contribution in [1.82, 2.24) is 30.1 Å². The average Bonchev–Trinajstić information content (AvgIpc) is 3.32. The predicted octanol–water partition coefficient (Wildman–Crippen LogP) is 3.63. The largest absolute Gasteiger partial charge is 0.369 e. The van der Waals surface area contributed by atoms with E-state index in [1.165, 1.54) is 12.1 Å². The number of rotatable bonds is 4. The Kier molecular flexibility index (Phi) is 5.88. The molecule has 1 N–H and O–H groups in total. The molecule has 4 aromatic rings. The van der Waals surface area contributed by atoms with Gasteiger partial charge in [-0.1, -0.05) is 18.2 Å². The fraction of sp³-hybridized carbons (Fsp3) is 0.385. The van der Waals surface area contributed by atoms with Crippen molar-refractivity contribution in [1.29, 1.82) is 0 Å². The number of H-pyrrole nitrogens is 1. The van der Waals surface area contributed by atoms with Crippen LogP contribution in [0.25, 0.3) is 10.9 Å². The number of fused-ring (bicyclic) bond motifs is 1. The number of aromatic amines is 1. The number of halogens is 1. The Bertz CT molecular complexity index is 1400. The van der Waals surface area contributed by atoms with Gasteiger partial charge in [-0.3, -0.25) is 9.69 Å². The molecule has 0 aliphatic carbocycles. The van der Waals surface area contributed by atoms with Gasteiger partial charge in [0.1, 0.15) is 11.9 Å². The van der Waals surface area contributed by atoms with Crippen LogP contribution in [-0.2, 0) is 5.54 Å². The van der Waals surface area contributed by atoms with Crippen molar-refractivity contribution >= 4 is 16.6 Å². The van der Waals surface area contributed by atoms with Crippen LogP contribution in [0, 0.1) is 12.7 Å². The van der Waals surface area contributed by atoms with Gasteiger partial charge >= 0.3 is 0 Å². The lowest BCUT2D eigenvalue weighted by Gasteiger charge is -2.40. The van der Waals surface area contributed by atoms with Crippen molar-refractivity contribution in [2.45, 2.75) is 39.3 Å². The van der Waals surface area contributed by atoms with Crippen LogP contribution in [0.2, 0.25) is 0 Å². The zero-order valence-corrected chi connectivity index (χ0v) is 20.5. The van der Waals surface area contributed by atoms with Crippen molar-refractivity contribution in [2.24, 2.45) is 0 Å². The van der Waals surface area contributed by atoms with E-state index in [1.807, 2.05) is 56.6 Å². The summed E-state index contributed by atoms with van der Waals surface area (Å²) in [7, 11) is 0. The van der Waals surface area contributed by atoms with E-state index in [0.29, 0.717) is 24.5 Å². The van der Waals surface area contributed by atoms with Gasteiger partial charge in [-0.2, -0.15) is 0 Å². The van der Waals surface area contributed by atoms with E-state index in [-0.39, 0.29) is 16.9 Å². The summed E-state index contributed by atoms with van der Waals surface area (Å²) in [6.45, 7) is 11.0. The Hall–Kier alpha value is -3.59. The first-order chi connectivity index (χ1) is 16.7. The van der Waals surface area contributed by atoms with Crippen LogP contribution < -0.4 is 10.5 Å². The molecule has 5 rings (SSSR count). The molecule has 0 amide bonds. The van der Waals surface area contributed by atoms with Gasteiger partial charge in [-0.05, 0) is 79.4 Å². The summed E-state index contributed by atoms with van der Waals surface area (Å²) in [6.07, 6.45) is 0. The van der Waals surface area contributed by atoms with E-state index in [4.69, 9.17) is 0 Å². The van der Waals surface area contributed by atoms with Gasteiger partial charge in [0.05, 0.1) is 11.1 Å². The van der Waals surface area contributed by atoms with Crippen molar-refractivity contribution < 1.29 is 4.39 Å². The molecular formula is C26H30FN7O. The Balaban J connectivity index is 1.55. The van der Waals surface area contributed by atoms with Crippen LogP contribution in [0.4, 0.5) is 10.1 Å². The second-order valence-corrected chi connectivity index (χ2v) is 10.1. The topological polar surface area (TPSA) is 82.9 Å². The van der Waals surface area contributed by atoms with Crippen LogP contribution in [0.1, 0.15) is 43.8 Å². The molecule has 1 saturated heterocycles. The summed E-state index contributed by atoms with van der Waals surface area (Å²) in [5, 5.41) is 13.6. The third kappa shape index (κ3) is 4.43. The number of anilines is 1. The molecule has 3 heterocycles. The first kappa shape index (κ1) is 23.2. The number of benzene rings is 2. The zero-order valence-electron chi connectivity index (χ0n) is 20.5. The molecule has 0 radical (unpaired) electrons. The molecular weight excluding hydrogens is 445 g/mol. The maximum absolute atomic E-state index is 13.4. The van der Waals surface area contributed by atoms with Crippen molar-refractivity contribution in [3.8, 4) is 0 Å². The smallest absolute Gasteiger partial charge is 0.253 e. The number of hydrogen-bond donors (Lipinski definition) is 1. The van der Waals surface area contributed by atoms with Gasteiger partial charge in [0.2, 0.25) is 0 Å². The number of nitrogens with zero attached hydrogens (tertiary/aromatic N) is 6. The van der Waals surface area contributed by atoms with Crippen LogP contribution in [0.15, 0.2) is 53.3 Å². The lowest BCUT2D eigenvalue weighted by molar-refractivity contribution is 0.190. The van der Waals surface area contributed by atoms with E-state index < -0.39 is 6.04 Å². The van der Waals surface area contributed by atoms with Crippen LogP contribution in [-0.4, -0.2) is 56.3 Å². The Morgan fingerprint density at radius 2 is 1.74 bits per heavy atom. The van der Waals surface area contributed by atoms with Crippen molar-refractivity contribution in [2.75, 3.05) is 31.1 Å². The van der Waals surface area contributed by atoms with Gasteiger partial charge in [0, 0.05) is 37.4 Å². The van der Waals surface area contributed by atoms with E-state index in [1.54, 1.807) is 12.1 Å². The first-order valence-corrected chi connectivity index (χ1v) is 11.9. The normalized spacial score (nSPS) is 16.1. The van der Waals surface area contributed by atoms with Crippen LogP contribution in [0.5, 0.6) is 0 Å². The molecule has 35 heavy (non-hydrogen) atoms. The van der Waals surface area contributed by atoms with Crippen molar-refractivity contribution in [3.63, 3.8) is 0 Å². The summed E-state index contributed by atoms with van der Waals surface area (Å²) in [6, 6.07) is 14.1. The third-order valence-electron chi connectivity index (χ3n) is 6.66. The highest BCUT2D eigenvalue weighted by atomic mass is 19.1. The minimum atomic E-state index is -0.409. The highest BCUT2D eigenvalue weighted by molar-refractivity contribution is 5.82. The predicted molar refractivity (Wildman–Crippen MR) is 134 cm³/mol. The SMILES string of the molecule is Cc1cccc2cc([C@@H](c3nnnn3C(C)(C)C)N3CCN(c4ccc(F)cc4)CC3)c(=O)[nH]c12. The van der Waals surface area contributed by atoms with Crippen molar-refractivity contribution in [3.05, 3.63) is 81.7 Å². The average molecular weight is 476 g/mol. The monoisotopic (exact) mass is 475 g/mol. The van der Waals surface area contributed by atoms with Crippen LogP contribution in [0.3, 0.4) is 0 Å². The zero-order chi connectivity index (χ0) is 24.7. The van der Waals surface area contributed by atoms with Gasteiger partial charge < -0.3 is 9.88 Å². The quantitative estimate of drug-likeness (QED) is 0.485. The highest BCUT2D eigenvalue weighted by Gasteiger charge is 2.35. The van der Waals surface area contributed by atoms with Gasteiger partial charge in [0.25, 0.3) is 5.56 Å². The molecule has 0 saturated carbocycles. The second-order valence-electron chi connectivity index (χ2n) is 10.1. The Morgan fingerprint density at radius 3 is 2.43 bits per heavy atom. The molecule has 1 aliphatic heterocycles. The number of piperazine rings is 1. The Labute approximate surface area is 203 Å². The van der Waals surface area contributed by atoms with E-state index >= 15 is 0 Å². The summed E-state index contributed by atoms with van der Waals surface area (Å²) in [5.41, 5.74) is 2.99. The standard InChI is InChI=1S/C26H30FN7O/c1-17-6-5-7-18-16-21(25(35)28-22(17)18)23(24-29-30-31-34(24)26(2,3)4)33-14-12-32(13-15-33)20-10-8-19(27)9-11-20/h5-11,16,23H,12-15H2,1-4H3,(H,28,35)/t23-/m0/s1. The summed E-state index contributed by atoms with van der Waals surface area (Å²) >= 11 is 0. The van der Waals surface area contributed by atoms with Gasteiger partial charge in [-0.25, -0.2) is 9.07 Å². The van der Waals surface area contributed by atoms with Gasteiger partial charge in [-0.15, -0.1) is 5.10 Å². The summed E-state index contributed by atoms with van der Waals surface area (Å²) in [4.78, 5) is 21.0. The lowest BCUT2D eigenvalue weighted by Crippen LogP contribution is -2.49. The van der Waals surface area contributed by atoms with E-state index in [0.717, 1.165) is 35.2 Å². The van der Waals surface area contributed by atoms with E-state index in [2.05, 4.69) is 30.3 Å². The number of para-hydroxylation sites is 1. The molecule has 9 heteroatoms. The minimum Gasteiger partial charge on any atom is -0.369 e. The first-order valence-electron chi connectivity index (χ1n) is 11.9. The molecule has 8 nitrogen and oxygen atoms in total. The fourth-order valence-corrected chi connectivity index (χ4v) is 4.84. The Morgan fingerprint density at radius 1 is 1.03 bits per heavy atom. The highest BCUT2D eigenvalue weighted by Crippen LogP contribution is 2.31. The number of nitrogens with one attached hydrogen (secondary N) is 1. The van der Waals surface area contributed by atoms with Gasteiger partial charge in [0.15, 0.2) is 5.82 Å². The van der Waals surface area contributed by atoms with E-state index in [9.17, 15) is 9.18 Å². The molecule has 1 fully saturated rings. The molecule has 2 aromatic carbocycles. The van der Waals surface area contributed by atoms with Crippen LogP contribution >= 0.6 is 0 Å². The number of aryl methyl sites for hydroxylation is 1. The number of pyridine rings is 1. The molecule has 2 aromatic heterocycles. The maximum Gasteiger partial charge on any atom is 0.253 e. The molecule has 0 bridgehead atoms. The molecule has 182 valence electrons. The fourth-order valence-electron chi connectivity index (χ4n) is 4.84. The molecule has 0 unspecified atom stereocenters. The number of aromatic nitrogens is 5. The minimum absolute atomic E-state index is 0.138. The molecule has 0 spiro atoms. The second kappa shape index (κ2) is 8.88. The number of hydrogen-bond acceptors (Lipinski definition) is 6. The molecule has 1 atom stereocenters. The third-order valence-corrected chi connectivity index (χ3v) is 6.66.